The number of benzene rings is 1. The van der Waals surface area contributed by atoms with Gasteiger partial charge in [-0.15, -0.1) is 0 Å². The van der Waals surface area contributed by atoms with E-state index in [4.69, 9.17) is 4.74 Å². The molecular weight excluding hydrogens is 280 g/mol. The summed E-state index contributed by atoms with van der Waals surface area (Å²) in [7, 11) is 0. The Kier molecular flexibility index (Phi) is 4.96. The number of Topliss-reactive ketones (excluding diaryl/α,β-unsaturated/α-hetero) is 1. The molecular formula is C17H22N2O3. The lowest BCUT2D eigenvalue weighted by Gasteiger charge is -2.28. The van der Waals surface area contributed by atoms with Crippen molar-refractivity contribution in [3.8, 4) is 5.75 Å². The molecule has 1 saturated carbocycles. The Bertz CT molecular complexity index is 606. The normalized spacial score (nSPS) is 19.0. The maximum atomic E-state index is 11.8. The number of carbonyl (C=O) groups is 2. The van der Waals surface area contributed by atoms with Crippen molar-refractivity contribution >= 4 is 17.4 Å². The molecule has 118 valence electrons. The van der Waals surface area contributed by atoms with Crippen molar-refractivity contribution < 1.29 is 14.3 Å². The van der Waals surface area contributed by atoms with Crippen molar-refractivity contribution in [1.82, 2.24) is 5.43 Å². The number of hydrogen-bond donors (Lipinski definition) is 1. The van der Waals surface area contributed by atoms with Crippen molar-refractivity contribution in [3.05, 3.63) is 29.8 Å². The zero-order chi connectivity index (χ0) is 16.2. The predicted molar refractivity (Wildman–Crippen MR) is 84.9 cm³/mol. The maximum absolute atomic E-state index is 11.8. The number of ketones is 1. The van der Waals surface area contributed by atoms with Gasteiger partial charge in [0.15, 0.2) is 6.61 Å². The molecule has 1 aliphatic carbocycles. The van der Waals surface area contributed by atoms with Crippen LogP contribution in [-0.2, 0) is 9.59 Å². The van der Waals surface area contributed by atoms with Gasteiger partial charge in [0, 0.05) is 18.6 Å². The lowest BCUT2D eigenvalue weighted by atomic mass is 9.76. The van der Waals surface area contributed by atoms with Crippen molar-refractivity contribution in [2.45, 2.75) is 40.0 Å². The highest BCUT2D eigenvalue weighted by Crippen LogP contribution is 2.31. The molecule has 5 heteroatoms. The van der Waals surface area contributed by atoms with E-state index < -0.39 is 0 Å². The second-order valence-corrected chi connectivity index (χ2v) is 6.55. The van der Waals surface area contributed by atoms with Gasteiger partial charge in [-0.1, -0.05) is 26.0 Å². The summed E-state index contributed by atoms with van der Waals surface area (Å²) in [6.45, 7) is 5.92. The summed E-state index contributed by atoms with van der Waals surface area (Å²) >= 11 is 0. The molecule has 0 radical (unpaired) electrons. The van der Waals surface area contributed by atoms with Gasteiger partial charge in [-0.3, -0.25) is 9.59 Å². The molecule has 1 N–H and O–H groups in total. The van der Waals surface area contributed by atoms with Gasteiger partial charge in [0.1, 0.15) is 11.5 Å². The zero-order valence-electron chi connectivity index (χ0n) is 13.3. The van der Waals surface area contributed by atoms with Crippen LogP contribution in [0.1, 0.15) is 38.7 Å². The number of hydrogen-bond acceptors (Lipinski definition) is 4. The third-order valence-electron chi connectivity index (χ3n) is 3.46. The first kappa shape index (κ1) is 16.2. The predicted octanol–water partition coefficient (Wildman–Crippen LogP) is 2.63. The molecule has 0 saturated heterocycles. The number of nitrogens with one attached hydrogen (secondary N) is 1. The van der Waals surface area contributed by atoms with Gasteiger partial charge >= 0.3 is 0 Å². The van der Waals surface area contributed by atoms with Crippen LogP contribution in [0.25, 0.3) is 0 Å². The van der Waals surface area contributed by atoms with Crippen LogP contribution in [0.15, 0.2) is 29.4 Å². The van der Waals surface area contributed by atoms with Gasteiger partial charge in [-0.25, -0.2) is 5.43 Å². The monoisotopic (exact) mass is 302 g/mol. The Balaban J connectivity index is 1.84. The Hall–Kier alpha value is -2.17. The minimum atomic E-state index is -0.329. The summed E-state index contributed by atoms with van der Waals surface area (Å²) in [6, 6.07) is 7.50. The topological polar surface area (TPSA) is 67.8 Å². The van der Waals surface area contributed by atoms with E-state index in [0.29, 0.717) is 18.6 Å². The zero-order valence-corrected chi connectivity index (χ0v) is 13.3. The van der Waals surface area contributed by atoms with Crippen LogP contribution in [0, 0.1) is 12.3 Å². The highest BCUT2D eigenvalue weighted by molar-refractivity contribution is 6.05. The lowest BCUT2D eigenvalue weighted by molar-refractivity contribution is -0.123. The molecule has 0 heterocycles. The van der Waals surface area contributed by atoms with E-state index in [0.717, 1.165) is 17.7 Å². The summed E-state index contributed by atoms with van der Waals surface area (Å²) in [4.78, 5) is 23.4. The molecule has 0 unspecified atom stereocenters. The molecule has 5 nitrogen and oxygen atoms in total. The van der Waals surface area contributed by atoms with Gasteiger partial charge in [0.2, 0.25) is 0 Å². The SMILES string of the molecule is Cc1cccc(OCC(=O)N/N=C2/CC(=O)CC(C)(C)C2)c1. The van der Waals surface area contributed by atoms with Gasteiger partial charge < -0.3 is 4.74 Å². The second kappa shape index (κ2) is 6.73. The van der Waals surface area contributed by atoms with Crippen LogP contribution in [0.3, 0.4) is 0 Å². The van der Waals surface area contributed by atoms with Crippen LogP contribution in [0.5, 0.6) is 5.75 Å². The number of ether oxygens (including phenoxy) is 1. The molecule has 22 heavy (non-hydrogen) atoms. The molecule has 2 rings (SSSR count). The highest BCUT2D eigenvalue weighted by atomic mass is 16.5. The summed E-state index contributed by atoms with van der Waals surface area (Å²) in [5, 5.41) is 4.08. The summed E-state index contributed by atoms with van der Waals surface area (Å²) in [6.07, 6.45) is 1.61. The fourth-order valence-electron chi connectivity index (χ4n) is 2.61. The molecule has 1 aromatic rings. The smallest absolute Gasteiger partial charge is 0.277 e. The first-order valence-electron chi connectivity index (χ1n) is 7.39. The highest BCUT2D eigenvalue weighted by Gasteiger charge is 2.30. The lowest BCUT2D eigenvalue weighted by Crippen LogP contribution is -2.32. The quantitative estimate of drug-likeness (QED) is 0.869. The van der Waals surface area contributed by atoms with Gasteiger partial charge in [-0.05, 0) is 36.5 Å². The van der Waals surface area contributed by atoms with Crippen molar-refractivity contribution in [1.29, 1.82) is 0 Å². The van der Waals surface area contributed by atoms with E-state index in [1.54, 1.807) is 6.07 Å². The fourth-order valence-corrected chi connectivity index (χ4v) is 2.61. The number of aryl methyl sites for hydroxylation is 1. The summed E-state index contributed by atoms with van der Waals surface area (Å²) in [5.41, 5.74) is 4.18. The molecule has 1 aromatic carbocycles. The standard InChI is InChI=1S/C17H22N2O3/c1-12-5-4-6-15(7-12)22-11-16(21)19-18-13-8-14(20)10-17(2,3)9-13/h4-7H,8-11H2,1-3H3,(H,19,21)/b18-13-. The molecule has 0 bridgehead atoms. The molecule has 1 aliphatic rings. The Morgan fingerprint density at radius 1 is 1.36 bits per heavy atom. The second-order valence-electron chi connectivity index (χ2n) is 6.55. The van der Waals surface area contributed by atoms with E-state index in [-0.39, 0.29) is 23.7 Å². The minimum absolute atomic E-state index is 0.0863. The van der Waals surface area contributed by atoms with Crippen LogP contribution in [0.4, 0.5) is 0 Å². The van der Waals surface area contributed by atoms with Gasteiger partial charge in [0.05, 0.1) is 0 Å². The molecule has 0 atom stereocenters. The Morgan fingerprint density at radius 3 is 2.82 bits per heavy atom. The van der Waals surface area contributed by atoms with Crippen LogP contribution < -0.4 is 10.2 Å². The Morgan fingerprint density at radius 2 is 2.14 bits per heavy atom. The Labute approximate surface area is 130 Å². The van der Waals surface area contributed by atoms with E-state index in [2.05, 4.69) is 10.5 Å². The van der Waals surface area contributed by atoms with Crippen molar-refractivity contribution in [2.75, 3.05) is 6.61 Å². The first-order chi connectivity index (χ1) is 10.3. The largest absolute Gasteiger partial charge is 0.484 e. The first-order valence-corrected chi connectivity index (χ1v) is 7.39. The van der Waals surface area contributed by atoms with Crippen LogP contribution >= 0.6 is 0 Å². The van der Waals surface area contributed by atoms with E-state index in [1.165, 1.54) is 0 Å². The third kappa shape index (κ3) is 4.98. The third-order valence-corrected chi connectivity index (χ3v) is 3.46. The fraction of sp³-hybridized carbons (Fsp3) is 0.471. The van der Waals surface area contributed by atoms with Crippen molar-refractivity contribution in [2.24, 2.45) is 10.5 Å². The average Bonchev–Trinajstić information content (AvgIpc) is 2.41. The van der Waals surface area contributed by atoms with E-state index in [1.807, 2.05) is 39.0 Å². The molecule has 1 amide bonds. The molecule has 0 aliphatic heterocycles. The number of amides is 1. The van der Waals surface area contributed by atoms with E-state index in [9.17, 15) is 9.59 Å². The molecule has 0 spiro atoms. The number of carbonyl (C=O) groups excluding carboxylic acids is 2. The van der Waals surface area contributed by atoms with Crippen LogP contribution in [0.2, 0.25) is 0 Å². The number of hydrazone groups is 1. The van der Waals surface area contributed by atoms with Gasteiger partial charge in [-0.2, -0.15) is 5.10 Å². The van der Waals surface area contributed by atoms with Gasteiger partial charge in [0.25, 0.3) is 5.91 Å². The number of nitrogens with zero attached hydrogens (tertiary/aromatic N) is 1. The number of rotatable bonds is 4. The molecule has 0 aromatic heterocycles. The average molecular weight is 302 g/mol. The molecule has 1 fully saturated rings. The summed E-state index contributed by atoms with van der Waals surface area (Å²) in [5.74, 6) is 0.488. The minimum Gasteiger partial charge on any atom is -0.484 e. The van der Waals surface area contributed by atoms with Crippen molar-refractivity contribution in [3.63, 3.8) is 0 Å². The maximum Gasteiger partial charge on any atom is 0.277 e. The summed E-state index contributed by atoms with van der Waals surface area (Å²) < 4.78 is 5.40. The van der Waals surface area contributed by atoms with Crippen LogP contribution in [-0.4, -0.2) is 24.0 Å². The van der Waals surface area contributed by atoms with E-state index >= 15 is 0 Å².